The molecule has 0 amide bonds. The Balaban J connectivity index is 1.57. The number of para-hydroxylation sites is 2. The standard InChI is InChI=1S/C18H10Cl2N4O3/c19-10-5-11(16(26)12(20)6-10)15(25)9-7-21-17(22-8-9)24-18-23-13-3-1-2-4-14(13)27-18/h1-8,26H,(H,21,22,23,24). The molecule has 0 atom stereocenters. The molecule has 2 aromatic heterocycles. The van der Waals surface area contributed by atoms with Crippen LogP contribution in [0.4, 0.5) is 12.0 Å². The number of hydrogen-bond acceptors (Lipinski definition) is 7. The summed E-state index contributed by atoms with van der Waals surface area (Å²) in [6.45, 7) is 0. The molecule has 0 spiro atoms. The zero-order valence-corrected chi connectivity index (χ0v) is 15.0. The average Bonchev–Trinajstić information content (AvgIpc) is 3.07. The molecule has 0 bridgehead atoms. The maximum atomic E-state index is 12.6. The van der Waals surface area contributed by atoms with Crippen molar-refractivity contribution in [2.24, 2.45) is 0 Å². The van der Waals surface area contributed by atoms with Crippen molar-refractivity contribution in [1.82, 2.24) is 15.0 Å². The minimum atomic E-state index is -0.509. The number of phenolic OH excluding ortho intramolecular Hbond substituents is 1. The van der Waals surface area contributed by atoms with Crippen molar-refractivity contribution in [3.8, 4) is 5.75 Å². The largest absolute Gasteiger partial charge is 0.506 e. The zero-order valence-electron chi connectivity index (χ0n) is 13.5. The van der Waals surface area contributed by atoms with E-state index in [0.717, 1.165) is 0 Å². The van der Waals surface area contributed by atoms with E-state index in [1.807, 2.05) is 18.2 Å². The van der Waals surface area contributed by atoms with E-state index >= 15 is 0 Å². The first-order valence-corrected chi connectivity index (χ1v) is 8.44. The van der Waals surface area contributed by atoms with Crippen LogP contribution in [0.5, 0.6) is 5.75 Å². The number of benzene rings is 2. The maximum absolute atomic E-state index is 12.6. The fraction of sp³-hybridized carbons (Fsp3) is 0. The van der Waals surface area contributed by atoms with E-state index in [2.05, 4.69) is 20.3 Å². The second-order valence-electron chi connectivity index (χ2n) is 5.52. The Bertz CT molecular complexity index is 1130. The minimum absolute atomic E-state index is 0.0129. The lowest BCUT2D eigenvalue weighted by Crippen LogP contribution is -2.05. The smallest absolute Gasteiger partial charge is 0.302 e. The van der Waals surface area contributed by atoms with E-state index < -0.39 is 5.78 Å². The molecule has 0 unspecified atom stereocenters. The summed E-state index contributed by atoms with van der Waals surface area (Å²) in [5.41, 5.74) is 1.45. The number of carbonyl (C=O) groups excluding carboxylic acids is 1. The van der Waals surface area contributed by atoms with Crippen LogP contribution < -0.4 is 5.32 Å². The van der Waals surface area contributed by atoms with Gasteiger partial charge in [0.15, 0.2) is 11.4 Å². The summed E-state index contributed by atoms with van der Waals surface area (Å²) in [5.74, 6) is -0.656. The quantitative estimate of drug-likeness (QED) is 0.482. The van der Waals surface area contributed by atoms with Crippen molar-refractivity contribution < 1.29 is 14.3 Å². The molecule has 0 aliphatic carbocycles. The molecule has 0 saturated heterocycles. The SMILES string of the molecule is O=C(c1cnc(Nc2nc3ccccc3o2)nc1)c1cc(Cl)cc(Cl)c1O. The number of fused-ring (bicyclic) bond motifs is 1. The van der Waals surface area contributed by atoms with Crippen LogP contribution >= 0.6 is 23.2 Å². The van der Waals surface area contributed by atoms with Crippen molar-refractivity contribution in [2.45, 2.75) is 0 Å². The van der Waals surface area contributed by atoms with E-state index in [0.29, 0.717) is 11.1 Å². The number of aromatic hydroxyl groups is 1. The van der Waals surface area contributed by atoms with Gasteiger partial charge in [0.05, 0.1) is 16.1 Å². The zero-order chi connectivity index (χ0) is 19.0. The van der Waals surface area contributed by atoms with Gasteiger partial charge in [0.1, 0.15) is 11.3 Å². The van der Waals surface area contributed by atoms with Gasteiger partial charge in [-0.15, -0.1) is 0 Å². The summed E-state index contributed by atoms with van der Waals surface area (Å²) in [6, 6.07) is 10.2. The molecule has 2 aromatic carbocycles. The fourth-order valence-corrected chi connectivity index (χ4v) is 2.92. The van der Waals surface area contributed by atoms with Gasteiger partial charge in [0, 0.05) is 17.4 Å². The third kappa shape index (κ3) is 3.42. The summed E-state index contributed by atoms with van der Waals surface area (Å²) in [7, 11) is 0. The monoisotopic (exact) mass is 400 g/mol. The minimum Gasteiger partial charge on any atom is -0.506 e. The van der Waals surface area contributed by atoms with Crippen LogP contribution in [0.3, 0.4) is 0 Å². The Morgan fingerprint density at radius 3 is 2.59 bits per heavy atom. The summed E-state index contributed by atoms with van der Waals surface area (Å²) < 4.78 is 5.53. The van der Waals surface area contributed by atoms with Gasteiger partial charge in [0.25, 0.3) is 0 Å². The van der Waals surface area contributed by atoms with E-state index in [4.69, 9.17) is 27.6 Å². The number of phenols is 1. The van der Waals surface area contributed by atoms with Gasteiger partial charge < -0.3 is 9.52 Å². The third-order valence-electron chi connectivity index (χ3n) is 3.70. The first-order valence-electron chi connectivity index (χ1n) is 7.68. The number of nitrogens with one attached hydrogen (secondary N) is 1. The third-order valence-corrected chi connectivity index (χ3v) is 4.21. The van der Waals surface area contributed by atoms with Gasteiger partial charge in [-0.3, -0.25) is 10.1 Å². The highest BCUT2D eigenvalue weighted by Crippen LogP contribution is 2.32. The molecule has 0 saturated carbocycles. The summed E-state index contributed by atoms with van der Waals surface area (Å²) in [4.78, 5) is 25.0. The molecule has 4 aromatic rings. The van der Waals surface area contributed by atoms with Gasteiger partial charge in [-0.05, 0) is 24.3 Å². The number of oxazole rings is 1. The Morgan fingerprint density at radius 1 is 1.11 bits per heavy atom. The molecule has 2 N–H and O–H groups in total. The number of aromatic nitrogens is 3. The van der Waals surface area contributed by atoms with Crippen molar-refractivity contribution >= 4 is 52.0 Å². The van der Waals surface area contributed by atoms with Crippen molar-refractivity contribution in [3.05, 3.63) is 70.0 Å². The van der Waals surface area contributed by atoms with Gasteiger partial charge in [-0.1, -0.05) is 35.3 Å². The first kappa shape index (κ1) is 17.3. The average molecular weight is 401 g/mol. The van der Waals surface area contributed by atoms with E-state index in [1.54, 1.807) is 6.07 Å². The van der Waals surface area contributed by atoms with E-state index in [9.17, 15) is 9.90 Å². The van der Waals surface area contributed by atoms with Crippen LogP contribution in [0.1, 0.15) is 15.9 Å². The van der Waals surface area contributed by atoms with E-state index in [-0.39, 0.29) is 38.9 Å². The highest BCUT2D eigenvalue weighted by Gasteiger charge is 2.18. The Kier molecular flexibility index (Phi) is 4.39. The summed E-state index contributed by atoms with van der Waals surface area (Å²) >= 11 is 11.8. The number of halogens is 2. The lowest BCUT2D eigenvalue weighted by atomic mass is 10.1. The van der Waals surface area contributed by atoms with Gasteiger partial charge >= 0.3 is 6.01 Å². The number of hydrogen-bond donors (Lipinski definition) is 2. The molecular weight excluding hydrogens is 391 g/mol. The van der Waals surface area contributed by atoms with Crippen LogP contribution in [-0.2, 0) is 0 Å². The van der Waals surface area contributed by atoms with Crippen LogP contribution in [0.25, 0.3) is 11.1 Å². The molecular formula is C18H10Cl2N4O3. The molecule has 9 heteroatoms. The van der Waals surface area contributed by atoms with Gasteiger partial charge in [-0.25, -0.2) is 9.97 Å². The highest BCUT2D eigenvalue weighted by molar-refractivity contribution is 6.36. The molecule has 0 aliphatic rings. The molecule has 0 aliphatic heterocycles. The van der Waals surface area contributed by atoms with E-state index in [1.165, 1.54) is 24.5 Å². The molecule has 134 valence electrons. The predicted molar refractivity (Wildman–Crippen MR) is 101 cm³/mol. The number of rotatable bonds is 4. The maximum Gasteiger partial charge on any atom is 0.302 e. The summed E-state index contributed by atoms with van der Waals surface area (Å²) in [6.07, 6.45) is 2.63. The molecule has 27 heavy (non-hydrogen) atoms. The van der Waals surface area contributed by atoms with Crippen molar-refractivity contribution in [3.63, 3.8) is 0 Å². The number of ketones is 1. The second kappa shape index (κ2) is 6.86. The molecule has 7 nitrogen and oxygen atoms in total. The summed E-state index contributed by atoms with van der Waals surface area (Å²) in [5, 5.41) is 13.0. The number of anilines is 2. The van der Waals surface area contributed by atoms with Crippen LogP contribution in [0.15, 0.2) is 53.2 Å². The predicted octanol–water partition coefficient (Wildman–Crippen LogP) is 4.60. The van der Waals surface area contributed by atoms with Gasteiger partial charge in [0.2, 0.25) is 5.95 Å². The Morgan fingerprint density at radius 2 is 1.85 bits per heavy atom. The molecule has 0 radical (unpaired) electrons. The highest BCUT2D eigenvalue weighted by atomic mass is 35.5. The molecule has 0 fully saturated rings. The van der Waals surface area contributed by atoms with Crippen LogP contribution in [0.2, 0.25) is 10.0 Å². The Hall–Kier alpha value is -3.16. The Labute approximate surface area is 162 Å². The lowest BCUT2D eigenvalue weighted by Gasteiger charge is -2.06. The lowest BCUT2D eigenvalue weighted by molar-refractivity contribution is 0.103. The number of carbonyl (C=O) groups is 1. The van der Waals surface area contributed by atoms with Crippen molar-refractivity contribution in [1.29, 1.82) is 0 Å². The van der Waals surface area contributed by atoms with Crippen molar-refractivity contribution in [2.75, 3.05) is 5.32 Å². The second-order valence-corrected chi connectivity index (χ2v) is 6.36. The van der Waals surface area contributed by atoms with Crippen LogP contribution in [-0.4, -0.2) is 25.8 Å². The molecule has 2 heterocycles. The number of nitrogens with zero attached hydrogens (tertiary/aromatic N) is 3. The fourth-order valence-electron chi connectivity index (χ4n) is 2.43. The van der Waals surface area contributed by atoms with Crippen LogP contribution in [0, 0.1) is 0 Å². The first-order chi connectivity index (χ1) is 13.0. The molecule has 4 rings (SSSR count). The topological polar surface area (TPSA) is 101 Å². The van der Waals surface area contributed by atoms with Gasteiger partial charge in [-0.2, -0.15) is 4.98 Å². The normalized spacial score (nSPS) is 10.9.